The van der Waals surface area contributed by atoms with Crippen molar-refractivity contribution in [2.45, 2.75) is 13.0 Å². The zero-order chi connectivity index (χ0) is 14.1. The first kappa shape index (κ1) is 13.7. The van der Waals surface area contributed by atoms with E-state index in [-0.39, 0.29) is 5.82 Å². The molecule has 5 heteroatoms. The molecule has 0 fully saturated rings. The second kappa shape index (κ2) is 5.62. The van der Waals surface area contributed by atoms with Crippen molar-refractivity contribution in [3.8, 4) is 5.75 Å². The Morgan fingerprint density at radius 1 is 1.30 bits per heavy atom. The summed E-state index contributed by atoms with van der Waals surface area (Å²) < 4.78 is 20.3. The minimum absolute atomic E-state index is 0.318. The predicted octanol–water partition coefficient (Wildman–Crippen LogP) is 4.79. The van der Waals surface area contributed by atoms with Crippen LogP contribution < -0.4 is 10.1 Å². The first-order valence-corrected chi connectivity index (χ1v) is 7.43. The lowest BCUT2D eigenvalue weighted by molar-refractivity contribution is 0.354. The topological polar surface area (TPSA) is 21.3 Å². The molecule has 0 radical (unpaired) electrons. The molecule has 0 saturated carbocycles. The summed E-state index contributed by atoms with van der Waals surface area (Å²) in [5.41, 5.74) is 2.58. The highest BCUT2D eigenvalue weighted by Gasteiger charge is 2.17. The van der Waals surface area contributed by atoms with Crippen molar-refractivity contribution in [2.75, 3.05) is 11.9 Å². The number of halogens is 3. The van der Waals surface area contributed by atoms with E-state index in [1.54, 1.807) is 6.07 Å². The predicted molar refractivity (Wildman–Crippen MR) is 82.1 cm³/mol. The Hall–Kier alpha value is -1.26. The third-order valence-electron chi connectivity index (χ3n) is 3.22. The van der Waals surface area contributed by atoms with Crippen LogP contribution in [0, 0.1) is 5.82 Å². The van der Waals surface area contributed by atoms with Gasteiger partial charge in [0.2, 0.25) is 0 Å². The van der Waals surface area contributed by atoms with E-state index in [4.69, 9.17) is 16.3 Å². The molecule has 1 heterocycles. The van der Waals surface area contributed by atoms with Gasteiger partial charge in [0, 0.05) is 28.0 Å². The maximum atomic E-state index is 13.7. The number of anilines is 1. The van der Waals surface area contributed by atoms with Crippen LogP contribution in [0.25, 0.3) is 0 Å². The van der Waals surface area contributed by atoms with Crippen LogP contribution in [0.4, 0.5) is 10.1 Å². The largest absolute Gasteiger partial charge is 0.493 e. The number of ether oxygens (including phenoxy) is 1. The molecule has 1 aliphatic rings. The summed E-state index contributed by atoms with van der Waals surface area (Å²) in [7, 11) is 0. The van der Waals surface area contributed by atoms with E-state index in [0.717, 1.165) is 22.2 Å². The van der Waals surface area contributed by atoms with Crippen LogP contribution in [0.3, 0.4) is 0 Å². The van der Waals surface area contributed by atoms with Crippen molar-refractivity contribution < 1.29 is 9.13 Å². The maximum absolute atomic E-state index is 13.7. The van der Waals surface area contributed by atoms with E-state index >= 15 is 0 Å². The van der Waals surface area contributed by atoms with Crippen LogP contribution in [0.5, 0.6) is 5.75 Å². The van der Waals surface area contributed by atoms with Gasteiger partial charge in [0.05, 0.1) is 12.3 Å². The third-order valence-corrected chi connectivity index (χ3v) is 3.92. The van der Waals surface area contributed by atoms with Crippen molar-refractivity contribution >= 4 is 33.2 Å². The molecule has 0 saturated heterocycles. The zero-order valence-electron chi connectivity index (χ0n) is 10.6. The number of benzene rings is 2. The fourth-order valence-corrected chi connectivity index (χ4v) is 3.03. The molecule has 2 nitrogen and oxygen atoms in total. The van der Waals surface area contributed by atoms with E-state index in [0.29, 0.717) is 23.9 Å². The Labute approximate surface area is 130 Å². The van der Waals surface area contributed by atoms with E-state index in [2.05, 4.69) is 27.3 Å². The monoisotopic (exact) mass is 355 g/mol. The minimum Gasteiger partial charge on any atom is -0.493 e. The van der Waals surface area contributed by atoms with Crippen LogP contribution in [-0.4, -0.2) is 6.61 Å². The molecule has 3 rings (SSSR count). The van der Waals surface area contributed by atoms with Gasteiger partial charge in [-0.05, 0) is 35.9 Å². The summed E-state index contributed by atoms with van der Waals surface area (Å²) in [4.78, 5) is 0. The highest BCUT2D eigenvalue weighted by molar-refractivity contribution is 9.10. The second-order valence-corrected chi connectivity index (χ2v) is 5.98. The molecule has 0 amide bonds. The first-order chi connectivity index (χ1) is 9.63. The fourth-order valence-electron chi connectivity index (χ4n) is 2.30. The SMILES string of the molecule is Fc1ccc(Cl)cc1NCc1cc(Br)cc2c1OCC2. The maximum Gasteiger partial charge on any atom is 0.146 e. The van der Waals surface area contributed by atoms with Crippen molar-refractivity contribution in [3.63, 3.8) is 0 Å². The van der Waals surface area contributed by atoms with Gasteiger partial charge in [0.25, 0.3) is 0 Å². The van der Waals surface area contributed by atoms with Crippen LogP contribution in [-0.2, 0) is 13.0 Å². The van der Waals surface area contributed by atoms with Gasteiger partial charge < -0.3 is 10.1 Å². The molecule has 0 aromatic heterocycles. The molecule has 0 spiro atoms. The quantitative estimate of drug-likeness (QED) is 0.854. The van der Waals surface area contributed by atoms with Crippen LogP contribution in [0.1, 0.15) is 11.1 Å². The van der Waals surface area contributed by atoms with E-state index < -0.39 is 0 Å². The zero-order valence-corrected chi connectivity index (χ0v) is 12.9. The van der Waals surface area contributed by atoms with Gasteiger partial charge in [-0.25, -0.2) is 4.39 Å². The average Bonchev–Trinajstić information content (AvgIpc) is 2.87. The standard InChI is InChI=1S/C15H12BrClFNO/c16-11-5-9-3-4-20-15(9)10(6-11)8-19-14-7-12(17)1-2-13(14)18/h1-2,5-7,19H,3-4,8H2. The molecule has 1 aliphatic heterocycles. The molecule has 20 heavy (non-hydrogen) atoms. The molecular formula is C15H12BrClFNO. The lowest BCUT2D eigenvalue weighted by atomic mass is 10.1. The van der Waals surface area contributed by atoms with Gasteiger partial charge in [-0.3, -0.25) is 0 Å². The lowest BCUT2D eigenvalue weighted by Gasteiger charge is -2.12. The smallest absolute Gasteiger partial charge is 0.146 e. The Morgan fingerprint density at radius 2 is 2.15 bits per heavy atom. The van der Waals surface area contributed by atoms with Gasteiger partial charge in [-0.15, -0.1) is 0 Å². The summed E-state index contributed by atoms with van der Waals surface area (Å²) in [5.74, 6) is 0.588. The van der Waals surface area contributed by atoms with Crippen LogP contribution >= 0.6 is 27.5 Å². The molecule has 104 valence electrons. The highest BCUT2D eigenvalue weighted by atomic mass is 79.9. The Balaban J connectivity index is 1.84. The Bertz CT molecular complexity index is 663. The third kappa shape index (κ3) is 2.76. The normalized spacial score (nSPS) is 12.9. The summed E-state index contributed by atoms with van der Waals surface area (Å²) >= 11 is 9.37. The van der Waals surface area contributed by atoms with Crippen molar-refractivity contribution in [2.24, 2.45) is 0 Å². The van der Waals surface area contributed by atoms with E-state index in [9.17, 15) is 4.39 Å². The van der Waals surface area contributed by atoms with Gasteiger partial charge in [-0.1, -0.05) is 27.5 Å². The number of hydrogen-bond donors (Lipinski definition) is 1. The van der Waals surface area contributed by atoms with Crippen LogP contribution in [0.15, 0.2) is 34.8 Å². The molecule has 0 unspecified atom stereocenters. The minimum atomic E-state index is -0.318. The summed E-state index contributed by atoms with van der Waals surface area (Å²) in [6.07, 6.45) is 0.910. The molecule has 2 aromatic carbocycles. The summed E-state index contributed by atoms with van der Waals surface area (Å²) in [5, 5.41) is 3.57. The van der Waals surface area contributed by atoms with Gasteiger partial charge in [-0.2, -0.15) is 0 Å². The van der Waals surface area contributed by atoms with Gasteiger partial charge >= 0.3 is 0 Å². The van der Waals surface area contributed by atoms with E-state index in [1.165, 1.54) is 17.7 Å². The Kier molecular flexibility index (Phi) is 3.85. The molecule has 0 atom stereocenters. The number of nitrogens with one attached hydrogen (secondary N) is 1. The Morgan fingerprint density at radius 3 is 3.00 bits per heavy atom. The van der Waals surface area contributed by atoms with Crippen molar-refractivity contribution in [1.82, 2.24) is 0 Å². The summed E-state index contributed by atoms with van der Waals surface area (Å²) in [6.45, 7) is 1.18. The number of rotatable bonds is 3. The second-order valence-electron chi connectivity index (χ2n) is 4.63. The van der Waals surface area contributed by atoms with Crippen molar-refractivity contribution in [3.05, 3.63) is 56.8 Å². The molecule has 0 bridgehead atoms. The first-order valence-electron chi connectivity index (χ1n) is 6.26. The fraction of sp³-hybridized carbons (Fsp3) is 0.200. The molecular weight excluding hydrogens is 345 g/mol. The molecule has 1 N–H and O–H groups in total. The highest BCUT2D eigenvalue weighted by Crippen LogP contribution is 2.33. The van der Waals surface area contributed by atoms with Crippen molar-refractivity contribution in [1.29, 1.82) is 0 Å². The van der Waals surface area contributed by atoms with Crippen LogP contribution in [0.2, 0.25) is 5.02 Å². The average molecular weight is 357 g/mol. The molecule has 2 aromatic rings. The van der Waals surface area contributed by atoms with Gasteiger partial charge in [0.15, 0.2) is 0 Å². The summed E-state index contributed by atoms with van der Waals surface area (Å²) in [6, 6.07) is 8.51. The van der Waals surface area contributed by atoms with Gasteiger partial charge in [0.1, 0.15) is 11.6 Å². The number of fused-ring (bicyclic) bond motifs is 1. The van der Waals surface area contributed by atoms with E-state index in [1.807, 2.05) is 6.07 Å². The lowest BCUT2D eigenvalue weighted by Crippen LogP contribution is -2.03. The molecule has 0 aliphatic carbocycles. The number of hydrogen-bond acceptors (Lipinski definition) is 2.